The molecule has 6 heteroatoms. The van der Waals surface area contributed by atoms with E-state index < -0.39 is 10.0 Å². The van der Waals surface area contributed by atoms with E-state index in [4.69, 9.17) is 11.0 Å². The number of rotatable bonds is 6. The molecule has 20 heavy (non-hydrogen) atoms. The van der Waals surface area contributed by atoms with Crippen LogP contribution < -0.4 is 5.73 Å². The summed E-state index contributed by atoms with van der Waals surface area (Å²) in [7, 11) is -3.56. The van der Waals surface area contributed by atoms with Gasteiger partial charge >= 0.3 is 0 Å². The lowest BCUT2D eigenvalue weighted by Gasteiger charge is -2.21. The first-order valence-electron chi connectivity index (χ1n) is 6.78. The van der Waals surface area contributed by atoms with Crippen molar-refractivity contribution in [2.45, 2.75) is 43.5 Å². The van der Waals surface area contributed by atoms with E-state index in [1.54, 1.807) is 12.1 Å². The quantitative estimate of drug-likeness (QED) is 0.811. The summed E-state index contributed by atoms with van der Waals surface area (Å²) >= 11 is 0. The SMILES string of the molecule is CCc1ccc(S(=O)(=O)N(CCC#N)C2CC2)cc1N. The molecule has 0 saturated heterocycles. The van der Waals surface area contributed by atoms with Gasteiger partial charge in [-0.05, 0) is 37.0 Å². The van der Waals surface area contributed by atoms with Crippen molar-refractivity contribution in [1.82, 2.24) is 4.31 Å². The van der Waals surface area contributed by atoms with Crippen LogP contribution in [0.5, 0.6) is 0 Å². The Balaban J connectivity index is 2.32. The highest BCUT2D eigenvalue weighted by Gasteiger charge is 2.37. The molecule has 0 radical (unpaired) electrons. The largest absolute Gasteiger partial charge is 0.398 e. The van der Waals surface area contributed by atoms with Gasteiger partial charge in [-0.15, -0.1) is 0 Å². The molecule has 5 nitrogen and oxygen atoms in total. The van der Waals surface area contributed by atoms with Crippen molar-refractivity contribution in [2.75, 3.05) is 12.3 Å². The molecular weight excluding hydrogens is 274 g/mol. The first kappa shape index (κ1) is 14.8. The van der Waals surface area contributed by atoms with Gasteiger partial charge in [0.2, 0.25) is 10.0 Å². The minimum atomic E-state index is -3.56. The molecule has 1 aromatic rings. The number of nitrogens with zero attached hydrogens (tertiary/aromatic N) is 2. The van der Waals surface area contributed by atoms with E-state index in [1.165, 1.54) is 10.4 Å². The van der Waals surface area contributed by atoms with Gasteiger partial charge in [0.1, 0.15) is 0 Å². The van der Waals surface area contributed by atoms with Crippen LogP contribution in [0, 0.1) is 11.3 Å². The monoisotopic (exact) mass is 293 g/mol. The fourth-order valence-corrected chi connectivity index (χ4v) is 3.93. The topological polar surface area (TPSA) is 87.2 Å². The average Bonchev–Trinajstić information content (AvgIpc) is 3.23. The minimum Gasteiger partial charge on any atom is -0.398 e. The second-order valence-corrected chi connectivity index (χ2v) is 6.86. The normalized spacial score (nSPS) is 15.2. The van der Waals surface area contributed by atoms with E-state index in [9.17, 15) is 8.42 Å². The van der Waals surface area contributed by atoms with Crippen LogP contribution in [0.1, 0.15) is 31.7 Å². The average molecular weight is 293 g/mol. The molecule has 1 aromatic carbocycles. The van der Waals surface area contributed by atoms with E-state index in [0.717, 1.165) is 24.8 Å². The number of nitriles is 1. The third kappa shape index (κ3) is 2.94. The van der Waals surface area contributed by atoms with Crippen molar-refractivity contribution >= 4 is 15.7 Å². The Hall–Kier alpha value is -1.58. The highest BCUT2D eigenvalue weighted by atomic mass is 32.2. The number of nitrogens with two attached hydrogens (primary N) is 1. The van der Waals surface area contributed by atoms with Crippen LogP contribution in [0.25, 0.3) is 0 Å². The van der Waals surface area contributed by atoms with Crippen molar-refractivity contribution in [3.63, 3.8) is 0 Å². The maximum atomic E-state index is 12.6. The van der Waals surface area contributed by atoms with E-state index >= 15 is 0 Å². The number of hydrogen-bond donors (Lipinski definition) is 1. The molecule has 0 aliphatic heterocycles. The van der Waals surface area contributed by atoms with Gasteiger partial charge < -0.3 is 5.73 Å². The zero-order chi connectivity index (χ0) is 14.8. The van der Waals surface area contributed by atoms with Crippen LogP contribution in [0.3, 0.4) is 0 Å². The molecule has 0 bridgehead atoms. The lowest BCUT2D eigenvalue weighted by molar-refractivity contribution is 0.411. The van der Waals surface area contributed by atoms with Gasteiger partial charge in [-0.25, -0.2) is 8.42 Å². The smallest absolute Gasteiger partial charge is 0.243 e. The summed E-state index contributed by atoms with van der Waals surface area (Å²) in [6.45, 7) is 2.22. The number of benzene rings is 1. The predicted octanol–water partition coefficient (Wildman–Crippen LogP) is 1.90. The van der Waals surface area contributed by atoms with Gasteiger partial charge in [0.05, 0.1) is 11.0 Å². The number of anilines is 1. The molecule has 0 aromatic heterocycles. The lowest BCUT2D eigenvalue weighted by Crippen LogP contribution is -2.34. The molecule has 0 atom stereocenters. The third-order valence-electron chi connectivity index (χ3n) is 3.50. The van der Waals surface area contributed by atoms with Crippen LogP contribution >= 0.6 is 0 Å². The number of nitrogen functional groups attached to an aromatic ring is 1. The fourth-order valence-electron chi connectivity index (χ4n) is 2.21. The highest BCUT2D eigenvalue weighted by molar-refractivity contribution is 7.89. The molecule has 0 unspecified atom stereocenters. The predicted molar refractivity (Wildman–Crippen MR) is 77.4 cm³/mol. The van der Waals surface area contributed by atoms with Crippen LogP contribution in [0.2, 0.25) is 0 Å². The Morgan fingerprint density at radius 2 is 2.15 bits per heavy atom. The maximum absolute atomic E-state index is 12.6. The van der Waals surface area contributed by atoms with E-state index in [-0.39, 0.29) is 23.9 Å². The second-order valence-electron chi connectivity index (χ2n) is 4.97. The highest BCUT2D eigenvalue weighted by Crippen LogP contribution is 2.32. The Morgan fingerprint density at radius 1 is 1.45 bits per heavy atom. The molecule has 0 heterocycles. The molecular formula is C14H19N3O2S. The summed E-state index contributed by atoms with van der Waals surface area (Å²) in [5.41, 5.74) is 7.33. The molecule has 2 N–H and O–H groups in total. The maximum Gasteiger partial charge on any atom is 0.243 e. The summed E-state index contributed by atoms with van der Waals surface area (Å²) < 4.78 is 26.7. The first-order chi connectivity index (χ1) is 9.50. The molecule has 1 aliphatic rings. The molecule has 0 amide bonds. The minimum absolute atomic E-state index is 0.0421. The molecule has 0 spiro atoms. The second kappa shape index (κ2) is 5.81. The van der Waals surface area contributed by atoms with Crippen molar-refractivity contribution in [3.05, 3.63) is 23.8 Å². The van der Waals surface area contributed by atoms with E-state index in [1.807, 2.05) is 13.0 Å². The summed E-state index contributed by atoms with van der Waals surface area (Å²) in [5.74, 6) is 0. The van der Waals surface area contributed by atoms with Crippen molar-refractivity contribution in [1.29, 1.82) is 5.26 Å². The van der Waals surface area contributed by atoms with E-state index in [2.05, 4.69) is 0 Å². The Kier molecular flexibility index (Phi) is 4.31. The van der Waals surface area contributed by atoms with Gasteiger partial charge in [0.25, 0.3) is 0 Å². The zero-order valence-corrected chi connectivity index (χ0v) is 12.4. The van der Waals surface area contributed by atoms with Crippen LogP contribution in [0.4, 0.5) is 5.69 Å². The molecule has 1 fully saturated rings. The van der Waals surface area contributed by atoms with Crippen molar-refractivity contribution < 1.29 is 8.42 Å². The van der Waals surface area contributed by atoms with Crippen LogP contribution in [-0.2, 0) is 16.4 Å². The number of hydrogen-bond acceptors (Lipinski definition) is 4. The Morgan fingerprint density at radius 3 is 2.65 bits per heavy atom. The molecule has 1 saturated carbocycles. The molecule has 1 aliphatic carbocycles. The summed E-state index contributed by atoms with van der Waals surface area (Å²) in [4.78, 5) is 0.219. The lowest BCUT2D eigenvalue weighted by atomic mass is 10.1. The standard InChI is InChI=1S/C14H19N3O2S/c1-2-11-4-7-13(10-14(11)16)20(18,19)17(9-3-8-15)12-5-6-12/h4,7,10,12H,2-3,5-6,9,16H2,1H3. The Labute approximate surface area is 120 Å². The van der Waals surface area contributed by atoms with Gasteiger partial charge in [-0.1, -0.05) is 13.0 Å². The first-order valence-corrected chi connectivity index (χ1v) is 8.22. The summed E-state index contributed by atoms with van der Waals surface area (Å²) in [5, 5.41) is 8.67. The number of sulfonamides is 1. The van der Waals surface area contributed by atoms with Crippen LogP contribution in [-0.4, -0.2) is 25.3 Å². The van der Waals surface area contributed by atoms with Gasteiger partial charge in [-0.2, -0.15) is 9.57 Å². The Bertz CT molecular complexity index is 630. The fraction of sp³-hybridized carbons (Fsp3) is 0.500. The van der Waals surface area contributed by atoms with Crippen LogP contribution in [0.15, 0.2) is 23.1 Å². The van der Waals surface area contributed by atoms with Crippen molar-refractivity contribution in [2.24, 2.45) is 0 Å². The molecule has 2 rings (SSSR count). The van der Waals surface area contributed by atoms with Gasteiger partial charge in [-0.3, -0.25) is 0 Å². The van der Waals surface area contributed by atoms with E-state index in [0.29, 0.717) is 5.69 Å². The molecule has 108 valence electrons. The summed E-state index contributed by atoms with van der Waals surface area (Å²) in [6, 6.07) is 6.93. The van der Waals surface area contributed by atoms with Crippen molar-refractivity contribution in [3.8, 4) is 6.07 Å². The zero-order valence-electron chi connectivity index (χ0n) is 11.5. The van der Waals surface area contributed by atoms with Gasteiger partial charge in [0, 0.05) is 24.7 Å². The third-order valence-corrected chi connectivity index (χ3v) is 5.45. The number of aryl methyl sites for hydroxylation is 1. The van der Waals surface area contributed by atoms with Gasteiger partial charge in [0.15, 0.2) is 0 Å². The summed E-state index contributed by atoms with van der Waals surface area (Å²) in [6.07, 6.45) is 2.71.